The molecular weight excluding hydrogens is 406 g/mol. The number of nitrogens with zero attached hydrogens (tertiary/aromatic N) is 3. The van der Waals surface area contributed by atoms with Gasteiger partial charge in [0.2, 0.25) is 0 Å². The molecule has 3 aromatic rings. The van der Waals surface area contributed by atoms with Crippen molar-refractivity contribution < 1.29 is 14.0 Å². The van der Waals surface area contributed by atoms with E-state index in [-0.39, 0.29) is 36.0 Å². The molecule has 2 N–H and O–H groups in total. The Bertz CT molecular complexity index is 1030. The van der Waals surface area contributed by atoms with E-state index in [1.165, 1.54) is 6.26 Å². The Morgan fingerprint density at radius 2 is 2.13 bits per heavy atom. The van der Waals surface area contributed by atoms with Crippen molar-refractivity contribution in [3.8, 4) is 0 Å². The summed E-state index contributed by atoms with van der Waals surface area (Å²) in [6, 6.07) is 8.44. The van der Waals surface area contributed by atoms with Gasteiger partial charge in [-0.05, 0) is 36.8 Å². The topological polar surface area (TPSA) is 92.4 Å². The number of aryl methyl sites for hydroxylation is 2. The molecule has 0 bridgehead atoms. The lowest BCUT2D eigenvalue weighted by atomic mass is 10.1. The highest BCUT2D eigenvalue weighted by Gasteiger charge is 2.31. The van der Waals surface area contributed by atoms with Gasteiger partial charge in [0.15, 0.2) is 5.76 Å². The molecule has 4 rings (SSSR count). The van der Waals surface area contributed by atoms with Crippen LogP contribution in [0.1, 0.15) is 38.3 Å². The van der Waals surface area contributed by atoms with Crippen molar-refractivity contribution in [1.29, 1.82) is 0 Å². The van der Waals surface area contributed by atoms with E-state index >= 15 is 0 Å². The second-order valence-electron chi connectivity index (χ2n) is 7.08. The number of amides is 2. The number of hydrogen-bond acceptors (Lipinski definition) is 5. The average Bonchev–Trinajstić information content (AvgIpc) is 3.41. The van der Waals surface area contributed by atoms with Gasteiger partial charge in [0, 0.05) is 50.3 Å². The number of hydrogen-bond donors (Lipinski definition) is 2. The first-order chi connectivity index (χ1) is 14.0. The van der Waals surface area contributed by atoms with Gasteiger partial charge in [-0.2, -0.15) is 0 Å². The van der Waals surface area contributed by atoms with E-state index in [0.717, 1.165) is 17.9 Å². The number of anilines is 1. The number of carbonyl (C=O) groups is 2. The molecular formula is C21H24ClN5O3. The SMILES string of the molecule is Cc1ccc(C(=O)N2CCNCC2c2nccn2C)cc1NC(=O)c1ccco1.Cl. The lowest BCUT2D eigenvalue weighted by molar-refractivity contribution is 0.0620. The lowest BCUT2D eigenvalue weighted by Gasteiger charge is -2.36. The third kappa shape index (κ3) is 4.24. The predicted octanol–water partition coefficient (Wildman–Crippen LogP) is 2.78. The van der Waals surface area contributed by atoms with E-state index in [2.05, 4.69) is 15.6 Å². The molecule has 1 unspecified atom stereocenters. The Labute approximate surface area is 180 Å². The molecule has 1 saturated heterocycles. The zero-order valence-electron chi connectivity index (χ0n) is 16.8. The van der Waals surface area contributed by atoms with Crippen LogP contribution < -0.4 is 10.6 Å². The minimum Gasteiger partial charge on any atom is -0.459 e. The van der Waals surface area contributed by atoms with Gasteiger partial charge in [-0.3, -0.25) is 9.59 Å². The van der Waals surface area contributed by atoms with Crippen LogP contribution in [0.5, 0.6) is 0 Å². The first-order valence-electron chi connectivity index (χ1n) is 9.49. The summed E-state index contributed by atoms with van der Waals surface area (Å²) in [6.45, 7) is 3.83. The highest BCUT2D eigenvalue weighted by Crippen LogP contribution is 2.25. The van der Waals surface area contributed by atoms with Crippen LogP contribution >= 0.6 is 12.4 Å². The third-order valence-corrected chi connectivity index (χ3v) is 5.14. The number of carbonyl (C=O) groups excluding carboxylic acids is 2. The van der Waals surface area contributed by atoms with Crippen LogP contribution in [0.25, 0.3) is 0 Å². The average molecular weight is 430 g/mol. The molecule has 2 amide bonds. The summed E-state index contributed by atoms with van der Waals surface area (Å²) in [5.41, 5.74) is 1.97. The number of furan rings is 1. The quantitative estimate of drug-likeness (QED) is 0.665. The maximum absolute atomic E-state index is 13.3. The first-order valence-corrected chi connectivity index (χ1v) is 9.49. The summed E-state index contributed by atoms with van der Waals surface area (Å²) in [4.78, 5) is 31.9. The Hall–Kier alpha value is -3.10. The van der Waals surface area contributed by atoms with Crippen molar-refractivity contribution in [3.05, 3.63) is 71.7 Å². The largest absolute Gasteiger partial charge is 0.459 e. The zero-order valence-corrected chi connectivity index (χ0v) is 17.6. The number of aromatic nitrogens is 2. The molecule has 1 aliphatic heterocycles. The predicted molar refractivity (Wildman–Crippen MR) is 115 cm³/mol. The fourth-order valence-electron chi connectivity index (χ4n) is 3.52. The molecule has 158 valence electrons. The Morgan fingerprint density at radius 3 is 2.83 bits per heavy atom. The number of benzene rings is 1. The van der Waals surface area contributed by atoms with E-state index in [9.17, 15) is 9.59 Å². The van der Waals surface area contributed by atoms with Crippen LogP contribution in [0, 0.1) is 6.92 Å². The summed E-state index contributed by atoms with van der Waals surface area (Å²) in [5, 5.41) is 6.16. The number of halogens is 1. The van der Waals surface area contributed by atoms with Gasteiger partial charge < -0.3 is 24.5 Å². The van der Waals surface area contributed by atoms with Crippen molar-refractivity contribution >= 4 is 29.9 Å². The van der Waals surface area contributed by atoms with Gasteiger partial charge in [-0.25, -0.2) is 4.98 Å². The van der Waals surface area contributed by atoms with E-state index in [0.29, 0.717) is 24.3 Å². The first kappa shape index (κ1) is 21.6. The van der Waals surface area contributed by atoms with Crippen LogP contribution in [0.2, 0.25) is 0 Å². The van der Waals surface area contributed by atoms with Crippen molar-refractivity contribution in [1.82, 2.24) is 19.8 Å². The summed E-state index contributed by atoms with van der Waals surface area (Å²) in [7, 11) is 1.92. The summed E-state index contributed by atoms with van der Waals surface area (Å²) < 4.78 is 7.08. The molecule has 1 aliphatic rings. The molecule has 0 radical (unpaired) electrons. The molecule has 8 nitrogen and oxygen atoms in total. The Balaban J connectivity index is 0.00000256. The Kier molecular flexibility index (Phi) is 6.59. The second-order valence-corrected chi connectivity index (χ2v) is 7.08. The van der Waals surface area contributed by atoms with Crippen LogP contribution in [-0.4, -0.2) is 45.9 Å². The summed E-state index contributed by atoms with van der Waals surface area (Å²) >= 11 is 0. The maximum Gasteiger partial charge on any atom is 0.291 e. The summed E-state index contributed by atoms with van der Waals surface area (Å²) in [6.07, 6.45) is 5.06. The molecule has 1 atom stereocenters. The van der Waals surface area contributed by atoms with Crippen molar-refractivity contribution in [3.63, 3.8) is 0 Å². The highest BCUT2D eigenvalue weighted by atomic mass is 35.5. The molecule has 30 heavy (non-hydrogen) atoms. The van der Waals surface area contributed by atoms with Gasteiger partial charge in [-0.15, -0.1) is 12.4 Å². The number of rotatable bonds is 4. The van der Waals surface area contributed by atoms with Crippen LogP contribution in [0.3, 0.4) is 0 Å². The fraction of sp³-hybridized carbons (Fsp3) is 0.286. The van der Waals surface area contributed by atoms with Crippen molar-refractivity contribution in [2.75, 3.05) is 25.0 Å². The van der Waals surface area contributed by atoms with Gasteiger partial charge >= 0.3 is 0 Å². The van der Waals surface area contributed by atoms with Gasteiger partial charge in [0.25, 0.3) is 11.8 Å². The van der Waals surface area contributed by atoms with E-state index < -0.39 is 0 Å². The number of piperazine rings is 1. The normalized spacial score (nSPS) is 16.1. The van der Waals surface area contributed by atoms with E-state index in [1.807, 2.05) is 35.7 Å². The van der Waals surface area contributed by atoms with Crippen LogP contribution in [0.15, 0.2) is 53.4 Å². The van der Waals surface area contributed by atoms with E-state index in [1.54, 1.807) is 30.5 Å². The fourth-order valence-corrected chi connectivity index (χ4v) is 3.52. The van der Waals surface area contributed by atoms with Crippen LogP contribution in [0.4, 0.5) is 5.69 Å². The molecule has 0 saturated carbocycles. The third-order valence-electron chi connectivity index (χ3n) is 5.14. The van der Waals surface area contributed by atoms with Gasteiger partial charge in [0.1, 0.15) is 11.9 Å². The smallest absolute Gasteiger partial charge is 0.291 e. The molecule has 1 fully saturated rings. The van der Waals surface area contributed by atoms with Crippen LogP contribution in [-0.2, 0) is 7.05 Å². The van der Waals surface area contributed by atoms with Crippen molar-refractivity contribution in [2.24, 2.45) is 7.05 Å². The Morgan fingerprint density at radius 1 is 1.30 bits per heavy atom. The second kappa shape index (κ2) is 9.15. The lowest BCUT2D eigenvalue weighted by Crippen LogP contribution is -2.49. The standard InChI is InChI=1S/C21H23N5O3.ClH/c1-14-5-6-15(12-16(14)24-20(27)18-4-3-11-29-18)21(28)26-10-7-22-13-17(26)19-23-8-9-25(19)2;/h3-6,8-9,11-12,17,22H,7,10,13H2,1-2H3,(H,24,27);1H. The summed E-state index contributed by atoms with van der Waals surface area (Å²) in [5.74, 6) is 0.617. The molecule has 2 aromatic heterocycles. The zero-order chi connectivity index (χ0) is 20.4. The van der Waals surface area contributed by atoms with E-state index in [4.69, 9.17) is 4.42 Å². The molecule has 1 aromatic carbocycles. The molecule has 0 aliphatic carbocycles. The minimum atomic E-state index is -0.351. The molecule has 0 spiro atoms. The number of nitrogens with one attached hydrogen (secondary N) is 2. The molecule has 3 heterocycles. The maximum atomic E-state index is 13.3. The monoisotopic (exact) mass is 429 g/mol. The number of imidazole rings is 1. The molecule has 9 heteroatoms. The van der Waals surface area contributed by atoms with Gasteiger partial charge in [-0.1, -0.05) is 6.07 Å². The minimum absolute atomic E-state index is 0. The van der Waals surface area contributed by atoms with Crippen molar-refractivity contribution in [2.45, 2.75) is 13.0 Å². The highest BCUT2D eigenvalue weighted by molar-refractivity contribution is 6.04. The van der Waals surface area contributed by atoms with Gasteiger partial charge in [0.05, 0.1) is 6.26 Å².